The molecule has 0 saturated carbocycles. The Hall–Kier alpha value is -3.31. The molecule has 152 valence electrons. The molecule has 1 saturated heterocycles. The molecule has 1 aromatic heterocycles. The quantitative estimate of drug-likeness (QED) is 0.212. The summed E-state index contributed by atoms with van der Waals surface area (Å²) in [4.78, 5) is 50.3. The van der Waals surface area contributed by atoms with E-state index in [0.29, 0.717) is 5.56 Å². The summed E-state index contributed by atoms with van der Waals surface area (Å²) in [5.41, 5.74) is 7.81. The number of aromatic amines is 1. The van der Waals surface area contributed by atoms with Crippen molar-refractivity contribution in [2.75, 3.05) is 13.2 Å². The topological polar surface area (TPSA) is 186 Å². The number of azide groups is 1. The van der Waals surface area contributed by atoms with Crippen LogP contribution in [0.5, 0.6) is 0 Å². The number of hydrogen-bond acceptors (Lipinski definition) is 8. The third-order valence-electron chi connectivity index (χ3n) is 3.98. The molecule has 2 rings (SSSR count). The van der Waals surface area contributed by atoms with Gasteiger partial charge in [0.2, 0.25) is 0 Å². The van der Waals surface area contributed by atoms with Gasteiger partial charge in [0.1, 0.15) is 18.9 Å². The van der Waals surface area contributed by atoms with Gasteiger partial charge in [-0.25, -0.2) is 9.59 Å². The number of H-pyrrole nitrogens is 1. The smallest absolute Gasteiger partial charge is 0.481 e. The minimum atomic E-state index is -1.02. The van der Waals surface area contributed by atoms with Crippen molar-refractivity contribution in [3.8, 4) is 0 Å². The molecule has 0 bridgehead atoms. The molecule has 13 nitrogen and oxygen atoms in total. The summed E-state index contributed by atoms with van der Waals surface area (Å²) >= 11 is 0. The number of nitrogens with zero attached hydrogens (tertiary/aromatic N) is 4. The van der Waals surface area contributed by atoms with Gasteiger partial charge in [0, 0.05) is 29.5 Å². The molecule has 13 heteroatoms. The van der Waals surface area contributed by atoms with E-state index < -0.39 is 41.7 Å². The minimum Gasteiger partial charge on any atom is -0.481 e. The number of carbonyl (C=O) groups excluding carboxylic acids is 1. The normalized spacial score (nSPS) is 21.0. The first-order valence-corrected chi connectivity index (χ1v) is 8.35. The molecule has 0 aromatic carbocycles. The first kappa shape index (κ1) is 21.0. The van der Waals surface area contributed by atoms with Crippen molar-refractivity contribution >= 4 is 12.1 Å². The highest BCUT2D eigenvalue weighted by atomic mass is 16.7. The molecule has 2 N–H and O–H groups in total. The van der Waals surface area contributed by atoms with Gasteiger partial charge in [-0.1, -0.05) is 5.11 Å². The van der Waals surface area contributed by atoms with Gasteiger partial charge in [0.05, 0.1) is 12.6 Å². The molecular weight excluding hydrogens is 378 g/mol. The molecule has 0 aliphatic carbocycles. The maximum atomic E-state index is 12.0. The lowest BCUT2D eigenvalue weighted by atomic mass is 10.1. The fourth-order valence-electron chi connectivity index (χ4n) is 2.59. The van der Waals surface area contributed by atoms with Crippen molar-refractivity contribution in [2.45, 2.75) is 44.6 Å². The van der Waals surface area contributed by atoms with Crippen LogP contribution in [0.2, 0.25) is 0 Å². The summed E-state index contributed by atoms with van der Waals surface area (Å²) in [6.07, 6.45) is -1.20. The van der Waals surface area contributed by atoms with E-state index in [-0.39, 0.29) is 32.5 Å². The van der Waals surface area contributed by atoms with E-state index in [1.165, 1.54) is 17.7 Å². The fourth-order valence-corrected chi connectivity index (χ4v) is 2.59. The predicted molar refractivity (Wildman–Crippen MR) is 91.7 cm³/mol. The Bertz CT molecular complexity index is 887. The largest absolute Gasteiger partial charge is 0.508 e. The van der Waals surface area contributed by atoms with Crippen molar-refractivity contribution in [1.82, 2.24) is 9.55 Å². The van der Waals surface area contributed by atoms with Crippen LogP contribution in [0, 0.1) is 6.92 Å². The van der Waals surface area contributed by atoms with Crippen LogP contribution >= 0.6 is 0 Å². The average Bonchev–Trinajstić information content (AvgIpc) is 3.03. The molecule has 3 atom stereocenters. The molecule has 28 heavy (non-hydrogen) atoms. The van der Waals surface area contributed by atoms with Crippen LogP contribution in [-0.2, 0) is 19.0 Å². The van der Waals surface area contributed by atoms with Crippen LogP contribution in [0.25, 0.3) is 10.4 Å². The monoisotopic (exact) mass is 397 g/mol. The molecule has 1 aromatic rings. The van der Waals surface area contributed by atoms with Crippen molar-refractivity contribution in [3.05, 3.63) is 43.0 Å². The third-order valence-corrected chi connectivity index (χ3v) is 3.98. The zero-order valence-corrected chi connectivity index (χ0v) is 14.9. The molecule has 0 radical (unpaired) electrons. The number of aliphatic carboxylic acids is 1. The Labute approximate surface area is 157 Å². The van der Waals surface area contributed by atoms with Gasteiger partial charge in [-0.15, -0.1) is 0 Å². The number of carbonyl (C=O) groups is 2. The summed E-state index contributed by atoms with van der Waals surface area (Å²) in [5.74, 6) is -1.01. The zero-order chi connectivity index (χ0) is 20.7. The number of nitrogens with one attached hydrogen (secondary N) is 1. The second-order valence-corrected chi connectivity index (χ2v) is 6.02. The van der Waals surface area contributed by atoms with E-state index >= 15 is 0 Å². The fraction of sp³-hybridized carbons (Fsp3) is 0.600. The molecule has 1 aliphatic rings. The van der Waals surface area contributed by atoms with Crippen molar-refractivity contribution in [2.24, 2.45) is 5.11 Å². The number of rotatable bonds is 8. The van der Waals surface area contributed by atoms with Gasteiger partial charge in [0.25, 0.3) is 5.56 Å². The second-order valence-electron chi connectivity index (χ2n) is 6.02. The van der Waals surface area contributed by atoms with Gasteiger partial charge in [0.15, 0.2) is 0 Å². The van der Waals surface area contributed by atoms with E-state index in [0.717, 1.165) is 0 Å². The predicted octanol–water partition coefficient (Wildman–Crippen LogP) is 0.829. The highest BCUT2D eigenvalue weighted by molar-refractivity contribution is 5.66. The number of carboxylic acids is 1. The van der Waals surface area contributed by atoms with Gasteiger partial charge in [-0.3, -0.25) is 19.1 Å². The first-order valence-electron chi connectivity index (χ1n) is 8.35. The summed E-state index contributed by atoms with van der Waals surface area (Å²) in [6, 6.07) is -0.714. The number of carboxylic acid groups (broad SMARTS) is 1. The number of hydrogen-bond donors (Lipinski definition) is 2. The highest BCUT2D eigenvalue weighted by Gasteiger charge is 2.37. The van der Waals surface area contributed by atoms with Crippen LogP contribution in [0.3, 0.4) is 0 Å². The molecular formula is C15H19N5O8. The van der Waals surface area contributed by atoms with Crippen molar-refractivity contribution in [1.29, 1.82) is 0 Å². The summed E-state index contributed by atoms with van der Waals surface area (Å²) in [6.45, 7) is 1.11. The molecule has 3 unspecified atom stereocenters. The Balaban J connectivity index is 1.96. The maximum absolute atomic E-state index is 12.0. The van der Waals surface area contributed by atoms with E-state index in [9.17, 15) is 19.2 Å². The Morgan fingerprint density at radius 2 is 2.21 bits per heavy atom. The van der Waals surface area contributed by atoms with Crippen LogP contribution in [-0.4, -0.2) is 52.1 Å². The van der Waals surface area contributed by atoms with Crippen molar-refractivity contribution in [3.63, 3.8) is 0 Å². The Morgan fingerprint density at radius 1 is 1.46 bits per heavy atom. The van der Waals surface area contributed by atoms with E-state index in [2.05, 4.69) is 15.0 Å². The molecule has 0 amide bonds. The number of ether oxygens (including phenoxy) is 3. The average molecular weight is 397 g/mol. The lowest BCUT2D eigenvalue weighted by Gasteiger charge is -2.16. The Morgan fingerprint density at radius 3 is 2.89 bits per heavy atom. The molecule has 2 heterocycles. The van der Waals surface area contributed by atoms with Gasteiger partial charge < -0.3 is 19.3 Å². The van der Waals surface area contributed by atoms with Gasteiger partial charge >= 0.3 is 17.8 Å². The second kappa shape index (κ2) is 9.58. The van der Waals surface area contributed by atoms with E-state index in [1.54, 1.807) is 0 Å². The lowest BCUT2D eigenvalue weighted by molar-refractivity contribution is -0.137. The van der Waals surface area contributed by atoms with Gasteiger partial charge in [-0.05, 0) is 18.9 Å². The minimum absolute atomic E-state index is 0.120. The van der Waals surface area contributed by atoms with Crippen LogP contribution in [0.4, 0.5) is 4.79 Å². The van der Waals surface area contributed by atoms with E-state index in [4.69, 9.17) is 24.8 Å². The molecule has 1 aliphatic heterocycles. The summed E-state index contributed by atoms with van der Waals surface area (Å²) in [5, 5.41) is 12.1. The summed E-state index contributed by atoms with van der Waals surface area (Å²) in [7, 11) is 0. The number of aryl methyl sites for hydroxylation is 1. The van der Waals surface area contributed by atoms with Crippen LogP contribution in [0.1, 0.15) is 31.1 Å². The first-order chi connectivity index (χ1) is 13.3. The number of aromatic nitrogens is 2. The molecule has 0 spiro atoms. The third kappa shape index (κ3) is 5.59. The van der Waals surface area contributed by atoms with Crippen LogP contribution in [0.15, 0.2) is 20.9 Å². The van der Waals surface area contributed by atoms with Gasteiger partial charge in [-0.2, -0.15) is 0 Å². The van der Waals surface area contributed by atoms with Crippen LogP contribution < -0.4 is 11.2 Å². The Kier molecular flexibility index (Phi) is 7.18. The summed E-state index contributed by atoms with van der Waals surface area (Å²) < 4.78 is 16.5. The molecule has 1 fully saturated rings. The standard InChI is InChI=1S/C15H19N5O8/c1-8-6-20(14(24)17-13(8)23)11-5-9(18-19-16)10(28-11)7-27-15(25)26-4-2-3-12(21)22/h6,9-11H,2-5,7H2,1H3,(H,21,22)(H,17,23,24). The van der Waals surface area contributed by atoms with E-state index in [1.807, 2.05) is 0 Å². The van der Waals surface area contributed by atoms with Crippen molar-refractivity contribution < 1.29 is 28.9 Å². The zero-order valence-electron chi connectivity index (χ0n) is 14.9. The SMILES string of the molecule is Cc1cn(C2CC(N=[N+]=[N-])C(COC(=O)OCCCC(=O)O)O2)c(=O)[nH]c1=O. The highest BCUT2D eigenvalue weighted by Crippen LogP contribution is 2.30. The maximum Gasteiger partial charge on any atom is 0.508 e. The lowest BCUT2D eigenvalue weighted by Crippen LogP contribution is -2.33.